The molecule has 2 aliphatic rings. The van der Waals surface area contributed by atoms with E-state index in [1.54, 1.807) is 7.11 Å². The Balaban J connectivity index is 2.06. The van der Waals surface area contributed by atoms with Gasteiger partial charge in [0.2, 0.25) is 0 Å². The summed E-state index contributed by atoms with van der Waals surface area (Å²) in [4.78, 5) is 0.770. The number of hydrogen-bond acceptors (Lipinski definition) is 3. The highest BCUT2D eigenvalue weighted by Crippen LogP contribution is 2.49. The normalized spacial score (nSPS) is 18.2. The van der Waals surface area contributed by atoms with Gasteiger partial charge >= 0.3 is 0 Å². The lowest BCUT2D eigenvalue weighted by Crippen LogP contribution is -2.39. The van der Waals surface area contributed by atoms with Gasteiger partial charge in [-0.1, -0.05) is 72.9 Å². The molecule has 0 aromatic heterocycles. The van der Waals surface area contributed by atoms with Crippen LogP contribution in [0.4, 0.5) is 0 Å². The number of benzene rings is 2. The van der Waals surface area contributed by atoms with Crippen molar-refractivity contribution in [2.45, 2.75) is 5.41 Å². The monoisotopic (exact) mass is 360 g/mol. The van der Waals surface area contributed by atoms with Crippen LogP contribution in [0.25, 0.3) is 0 Å². The molecule has 0 amide bonds. The Hall–Kier alpha value is -2.85. The van der Waals surface area contributed by atoms with Crippen molar-refractivity contribution in [1.29, 1.82) is 0 Å². The second-order valence-electron chi connectivity index (χ2n) is 6.28. The Labute approximate surface area is 159 Å². The number of nitrogens with one attached hydrogen (secondary N) is 2. The molecule has 0 spiro atoms. The summed E-state index contributed by atoms with van der Waals surface area (Å²) in [6.45, 7) is 0.609. The van der Waals surface area contributed by atoms with Crippen molar-refractivity contribution in [2.75, 3.05) is 13.7 Å². The first kappa shape index (κ1) is 16.6. The largest absolute Gasteiger partial charge is 0.499 e. The van der Waals surface area contributed by atoms with Crippen molar-refractivity contribution in [3.63, 3.8) is 0 Å². The molecule has 26 heavy (non-hydrogen) atoms. The third-order valence-electron chi connectivity index (χ3n) is 4.88. The fourth-order valence-electron chi connectivity index (χ4n) is 3.80. The average Bonchev–Trinajstić information content (AvgIpc) is 2.89. The first-order chi connectivity index (χ1) is 12.8. The van der Waals surface area contributed by atoms with Crippen LogP contribution in [0.15, 0.2) is 96.0 Å². The van der Waals surface area contributed by atoms with Gasteiger partial charge in [0.25, 0.3) is 0 Å². The van der Waals surface area contributed by atoms with Gasteiger partial charge in [0.05, 0.1) is 18.6 Å². The Morgan fingerprint density at radius 1 is 0.923 bits per heavy atom. The summed E-state index contributed by atoms with van der Waals surface area (Å²) in [6, 6.07) is 20.9. The summed E-state index contributed by atoms with van der Waals surface area (Å²) in [5.41, 5.74) is 3.82. The van der Waals surface area contributed by atoms with E-state index in [-0.39, 0.29) is 0 Å². The summed E-state index contributed by atoms with van der Waals surface area (Å²) < 4.78 is 5.92. The molecule has 2 aromatic rings. The van der Waals surface area contributed by atoms with E-state index in [1.165, 1.54) is 0 Å². The molecule has 130 valence electrons. The van der Waals surface area contributed by atoms with E-state index in [2.05, 4.69) is 65.4 Å². The van der Waals surface area contributed by atoms with Crippen LogP contribution < -0.4 is 10.6 Å². The van der Waals surface area contributed by atoms with Crippen LogP contribution in [0.2, 0.25) is 0 Å². The van der Waals surface area contributed by atoms with Crippen LogP contribution in [-0.4, -0.2) is 18.6 Å². The topological polar surface area (TPSA) is 33.3 Å². The number of ether oxygens (including phenoxy) is 1. The van der Waals surface area contributed by atoms with Crippen molar-refractivity contribution < 1.29 is 4.74 Å². The molecular formula is C22H20N2OS. The van der Waals surface area contributed by atoms with Gasteiger partial charge < -0.3 is 15.4 Å². The van der Waals surface area contributed by atoms with Gasteiger partial charge in [-0.3, -0.25) is 0 Å². The predicted octanol–water partition coefficient (Wildman–Crippen LogP) is 3.80. The zero-order chi connectivity index (χ0) is 18.0. The molecule has 0 unspecified atom stereocenters. The van der Waals surface area contributed by atoms with E-state index in [4.69, 9.17) is 17.0 Å². The van der Waals surface area contributed by atoms with Crippen LogP contribution >= 0.6 is 12.2 Å². The second-order valence-corrected chi connectivity index (χ2v) is 6.78. The quantitative estimate of drug-likeness (QED) is 0.816. The zero-order valence-electron chi connectivity index (χ0n) is 14.5. The Kier molecular flexibility index (Phi) is 4.35. The van der Waals surface area contributed by atoms with Gasteiger partial charge in [-0.2, -0.15) is 0 Å². The first-order valence-electron chi connectivity index (χ1n) is 8.58. The number of allylic oxidation sites excluding steroid dienone is 4. The van der Waals surface area contributed by atoms with Crippen molar-refractivity contribution in [3.8, 4) is 0 Å². The first-order valence-corrected chi connectivity index (χ1v) is 8.99. The lowest BCUT2D eigenvalue weighted by atomic mass is 9.65. The third-order valence-corrected chi connectivity index (χ3v) is 5.13. The highest BCUT2D eigenvalue weighted by Gasteiger charge is 2.46. The fourth-order valence-corrected chi connectivity index (χ4v) is 4.00. The van der Waals surface area contributed by atoms with Crippen LogP contribution in [0.3, 0.4) is 0 Å². The number of hydrogen-bond donors (Lipinski definition) is 2. The number of thiocarbonyl (C=S) groups is 1. The standard InChI is InChI=1S/C22H20N2OS/c1-25-20-13-12-19-18(14-23-15-21(26)24-19)22(20,16-8-4-2-5-9-16)17-10-6-3-7-11-17/h2-14,23H,15H2,1H3,(H,24,26). The maximum atomic E-state index is 5.92. The van der Waals surface area contributed by atoms with Gasteiger partial charge in [0.1, 0.15) is 11.2 Å². The van der Waals surface area contributed by atoms with E-state index in [9.17, 15) is 0 Å². The predicted molar refractivity (Wildman–Crippen MR) is 109 cm³/mol. The Morgan fingerprint density at radius 2 is 1.54 bits per heavy atom. The van der Waals surface area contributed by atoms with Gasteiger partial charge in [0, 0.05) is 17.5 Å². The molecule has 0 saturated heterocycles. The molecule has 0 atom stereocenters. The summed E-state index contributed by atoms with van der Waals surface area (Å²) in [5.74, 6) is 0.876. The summed E-state index contributed by atoms with van der Waals surface area (Å²) >= 11 is 5.43. The molecule has 1 aliphatic heterocycles. The molecule has 4 heteroatoms. The van der Waals surface area contributed by atoms with E-state index in [1.807, 2.05) is 24.3 Å². The number of fused-ring (bicyclic) bond motifs is 1. The Morgan fingerprint density at radius 3 is 2.12 bits per heavy atom. The molecular weight excluding hydrogens is 340 g/mol. The van der Waals surface area contributed by atoms with Crippen molar-refractivity contribution in [1.82, 2.24) is 10.6 Å². The maximum absolute atomic E-state index is 5.92. The highest BCUT2D eigenvalue weighted by atomic mass is 32.1. The maximum Gasteiger partial charge on any atom is 0.115 e. The van der Waals surface area contributed by atoms with Crippen LogP contribution in [0, 0.1) is 0 Å². The van der Waals surface area contributed by atoms with Gasteiger partial charge in [0.15, 0.2) is 0 Å². The molecule has 0 radical (unpaired) electrons. The van der Waals surface area contributed by atoms with E-state index >= 15 is 0 Å². The third kappa shape index (κ3) is 2.54. The van der Waals surface area contributed by atoms with Crippen LogP contribution in [-0.2, 0) is 10.2 Å². The molecule has 2 N–H and O–H groups in total. The lowest BCUT2D eigenvalue weighted by Gasteiger charge is -2.41. The van der Waals surface area contributed by atoms with Crippen molar-refractivity contribution in [3.05, 3.63) is 107 Å². The summed E-state index contributed by atoms with van der Waals surface area (Å²) in [6.07, 6.45) is 6.13. The number of methoxy groups -OCH3 is 1. The molecule has 0 fully saturated rings. The molecule has 1 aliphatic carbocycles. The minimum Gasteiger partial charge on any atom is -0.499 e. The SMILES string of the molecule is COC1=CC=C2NC(=S)CNC=C2C1(c1ccccc1)c1ccccc1. The Bertz CT molecular complexity index is 874. The molecule has 0 bridgehead atoms. The smallest absolute Gasteiger partial charge is 0.115 e. The van der Waals surface area contributed by atoms with Gasteiger partial charge in [-0.05, 0) is 23.3 Å². The van der Waals surface area contributed by atoms with Gasteiger partial charge in [-0.25, -0.2) is 0 Å². The average molecular weight is 360 g/mol. The van der Waals surface area contributed by atoms with E-state index in [0.29, 0.717) is 6.54 Å². The molecule has 3 nitrogen and oxygen atoms in total. The fraction of sp³-hybridized carbons (Fsp3) is 0.136. The lowest BCUT2D eigenvalue weighted by molar-refractivity contribution is 0.248. The highest BCUT2D eigenvalue weighted by molar-refractivity contribution is 7.80. The minimum absolute atomic E-state index is 0.554. The van der Waals surface area contributed by atoms with Gasteiger partial charge in [-0.15, -0.1) is 0 Å². The van der Waals surface area contributed by atoms with E-state index in [0.717, 1.165) is 33.1 Å². The summed E-state index contributed by atoms with van der Waals surface area (Å²) in [7, 11) is 1.73. The molecule has 0 saturated carbocycles. The van der Waals surface area contributed by atoms with Crippen LogP contribution in [0.5, 0.6) is 0 Å². The summed E-state index contributed by atoms with van der Waals surface area (Å²) in [5, 5.41) is 6.73. The second kappa shape index (κ2) is 6.81. The van der Waals surface area contributed by atoms with Crippen molar-refractivity contribution in [2.24, 2.45) is 0 Å². The van der Waals surface area contributed by atoms with Crippen molar-refractivity contribution >= 4 is 17.2 Å². The molecule has 1 heterocycles. The number of rotatable bonds is 3. The molecule has 4 rings (SSSR count). The minimum atomic E-state index is -0.554. The molecule has 2 aromatic carbocycles. The van der Waals surface area contributed by atoms with Crippen LogP contribution in [0.1, 0.15) is 11.1 Å². The van der Waals surface area contributed by atoms with E-state index < -0.39 is 5.41 Å². The zero-order valence-corrected chi connectivity index (χ0v) is 15.3.